The summed E-state index contributed by atoms with van der Waals surface area (Å²) in [6, 6.07) is 0.239. The highest BCUT2D eigenvalue weighted by atomic mass is 127. The lowest BCUT2D eigenvalue weighted by molar-refractivity contribution is -0.167. The van der Waals surface area contributed by atoms with Gasteiger partial charge in [-0.15, -0.1) is 0 Å². The SMILES string of the molecule is CCOC(=O)[C@@H](OC(C)(C)C)c1c(C)c2c(c(C)c1I)CN(C1CCOCC1)C(=O)C2. The number of benzene rings is 1. The molecule has 2 heterocycles. The Hall–Kier alpha value is -1.19. The van der Waals surface area contributed by atoms with E-state index in [9.17, 15) is 9.59 Å². The molecule has 1 saturated heterocycles. The van der Waals surface area contributed by atoms with Crippen molar-refractivity contribution >= 4 is 34.5 Å². The highest BCUT2D eigenvalue weighted by Gasteiger charge is 2.37. The van der Waals surface area contributed by atoms with Crippen LogP contribution in [0.3, 0.4) is 0 Å². The Balaban J connectivity index is 2.05. The molecule has 1 fully saturated rings. The molecule has 172 valence electrons. The average Bonchev–Trinajstić information content (AvgIpc) is 2.71. The molecule has 1 aromatic rings. The van der Waals surface area contributed by atoms with Crippen LogP contribution < -0.4 is 0 Å². The van der Waals surface area contributed by atoms with Gasteiger partial charge in [0.2, 0.25) is 5.91 Å². The van der Waals surface area contributed by atoms with Crippen molar-refractivity contribution in [3.8, 4) is 0 Å². The fourth-order valence-electron chi connectivity index (χ4n) is 4.52. The number of amides is 1. The number of rotatable bonds is 5. The van der Waals surface area contributed by atoms with E-state index in [-0.39, 0.29) is 17.9 Å². The summed E-state index contributed by atoms with van der Waals surface area (Å²) in [4.78, 5) is 28.0. The first-order chi connectivity index (χ1) is 14.5. The zero-order valence-corrected chi connectivity index (χ0v) is 21.6. The lowest BCUT2D eigenvalue weighted by atomic mass is 9.85. The molecule has 0 radical (unpaired) electrons. The van der Waals surface area contributed by atoms with Crippen molar-refractivity contribution in [2.75, 3.05) is 19.8 Å². The molecule has 0 spiro atoms. The van der Waals surface area contributed by atoms with E-state index in [4.69, 9.17) is 14.2 Å². The average molecular weight is 543 g/mol. The van der Waals surface area contributed by atoms with Gasteiger partial charge in [0.05, 0.1) is 18.6 Å². The number of fused-ring (bicyclic) bond motifs is 1. The van der Waals surface area contributed by atoms with E-state index in [1.165, 1.54) is 5.56 Å². The third-order valence-corrected chi connectivity index (χ3v) is 7.47. The van der Waals surface area contributed by atoms with Gasteiger partial charge in [-0.1, -0.05) is 0 Å². The van der Waals surface area contributed by atoms with Crippen molar-refractivity contribution in [2.24, 2.45) is 0 Å². The monoisotopic (exact) mass is 543 g/mol. The standard InChI is InChI=1S/C24H34INO5/c1-7-30-23(28)22(31-24(4,5)6)20-14(2)17-12-19(27)26(16-8-10-29-11-9-16)13-18(17)15(3)21(20)25/h16,22H,7-13H2,1-6H3/t22-/m0/s1. The second-order valence-electron chi connectivity index (χ2n) is 9.34. The van der Waals surface area contributed by atoms with E-state index >= 15 is 0 Å². The van der Waals surface area contributed by atoms with Gasteiger partial charge in [0.25, 0.3) is 0 Å². The molecular formula is C24H34INO5. The molecule has 0 bridgehead atoms. The predicted molar refractivity (Wildman–Crippen MR) is 127 cm³/mol. The zero-order valence-electron chi connectivity index (χ0n) is 19.5. The van der Waals surface area contributed by atoms with Gasteiger partial charge in [-0.25, -0.2) is 4.79 Å². The first-order valence-electron chi connectivity index (χ1n) is 11.1. The molecule has 0 aromatic heterocycles. The smallest absolute Gasteiger partial charge is 0.340 e. The van der Waals surface area contributed by atoms with Gasteiger partial charge in [-0.3, -0.25) is 4.79 Å². The molecule has 7 heteroatoms. The number of carbonyl (C=O) groups is 2. The number of halogens is 1. The summed E-state index contributed by atoms with van der Waals surface area (Å²) in [5.41, 5.74) is 4.63. The quantitative estimate of drug-likeness (QED) is 0.407. The maximum absolute atomic E-state index is 13.1. The molecule has 2 aliphatic heterocycles. The van der Waals surface area contributed by atoms with Gasteiger partial charge in [0.15, 0.2) is 6.10 Å². The molecule has 0 aliphatic carbocycles. The minimum absolute atomic E-state index is 0.151. The summed E-state index contributed by atoms with van der Waals surface area (Å²) >= 11 is 2.32. The van der Waals surface area contributed by atoms with Crippen molar-refractivity contribution in [1.29, 1.82) is 0 Å². The molecule has 3 rings (SSSR count). The number of nitrogens with zero attached hydrogens (tertiary/aromatic N) is 1. The normalized spacial score (nSPS) is 18.7. The van der Waals surface area contributed by atoms with E-state index in [0.29, 0.717) is 32.8 Å². The van der Waals surface area contributed by atoms with Crippen LogP contribution in [-0.2, 0) is 36.8 Å². The number of ether oxygens (including phenoxy) is 3. The maximum Gasteiger partial charge on any atom is 0.340 e. The molecule has 1 aromatic carbocycles. The Bertz CT molecular complexity index is 855. The maximum atomic E-state index is 13.1. The van der Waals surface area contributed by atoms with Gasteiger partial charge in [-0.2, -0.15) is 0 Å². The number of hydrogen-bond donors (Lipinski definition) is 0. The van der Waals surface area contributed by atoms with Crippen LogP contribution in [-0.4, -0.2) is 48.2 Å². The highest BCUT2D eigenvalue weighted by molar-refractivity contribution is 14.1. The van der Waals surface area contributed by atoms with Gasteiger partial charge < -0.3 is 19.1 Å². The van der Waals surface area contributed by atoms with Gasteiger partial charge in [0, 0.05) is 34.9 Å². The molecule has 1 amide bonds. The highest BCUT2D eigenvalue weighted by Crippen LogP contribution is 2.39. The van der Waals surface area contributed by atoms with Crippen molar-refractivity contribution in [1.82, 2.24) is 4.90 Å². The van der Waals surface area contributed by atoms with Crippen LogP contribution in [0.25, 0.3) is 0 Å². The van der Waals surface area contributed by atoms with E-state index < -0.39 is 11.7 Å². The summed E-state index contributed by atoms with van der Waals surface area (Å²) in [7, 11) is 0. The van der Waals surface area contributed by atoms with Crippen LogP contribution in [0, 0.1) is 17.4 Å². The first-order valence-corrected chi connectivity index (χ1v) is 12.1. The van der Waals surface area contributed by atoms with Crippen LogP contribution in [0.2, 0.25) is 0 Å². The van der Waals surface area contributed by atoms with Crippen molar-refractivity contribution < 1.29 is 23.8 Å². The summed E-state index contributed by atoms with van der Waals surface area (Å²) < 4.78 is 18.1. The van der Waals surface area contributed by atoms with Gasteiger partial charge >= 0.3 is 5.97 Å². The first kappa shape index (κ1) is 24.5. The molecule has 6 nitrogen and oxygen atoms in total. The minimum atomic E-state index is -0.820. The fourth-order valence-corrected chi connectivity index (χ4v) is 5.53. The van der Waals surface area contributed by atoms with E-state index in [2.05, 4.69) is 29.5 Å². The largest absolute Gasteiger partial charge is 0.464 e. The molecular weight excluding hydrogens is 509 g/mol. The molecule has 0 unspecified atom stereocenters. The molecule has 2 aliphatic rings. The number of esters is 1. The Labute approximate surface area is 199 Å². The van der Waals surface area contributed by atoms with Crippen molar-refractivity contribution in [3.63, 3.8) is 0 Å². The molecule has 0 saturated carbocycles. The van der Waals surface area contributed by atoms with Crippen molar-refractivity contribution in [2.45, 2.75) is 85.1 Å². The third-order valence-electron chi connectivity index (χ3n) is 6.08. The Morgan fingerprint density at radius 3 is 2.42 bits per heavy atom. The summed E-state index contributed by atoms with van der Waals surface area (Å²) in [5.74, 6) is -0.234. The predicted octanol–water partition coefficient (Wildman–Crippen LogP) is 4.39. The van der Waals surface area contributed by atoms with E-state index in [0.717, 1.165) is 38.7 Å². The molecule has 1 atom stereocenters. The minimum Gasteiger partial charge on any atom is -0.464 e. The number of carbonyl (C=O) groups excluding carboxylic acids is 2. The summed E-state index contributed by atoms with van der Waals surface area (Å²) in [6.45, 7) is 14.0. The summed E-state index contributed by atoms with van der Waals surface area (Å²) in [6.07, 6.45) is 1.31. The van der Waals surface area contributed by atoms with E-state index in [1.807, 2.05) is 32.6 Å². The molecule has 31 heavy (non-hydrogen) atoms. The van der Waals surface area contributed by atoms with Crippen LogP contribution >= 0.6 is 22.6 Å². The zero-order chi connectivity index (χ0) is 22.9. The topological polar surface area (TPSA) is 65.1 Å². The summed E-state index contributed by atoms with van der Waals surface area (Å²) in [5, 5.41) is 0. The lowest BCUT2D eigenvalue weighted by Crippen LogP contribution is -2.46. The van der Waals surface area contributed by atoms with Crippen LogP contribution in [0.5, 0.6) is 0 Å². The van der Waals surface area contributed by atoms with Gasteiger partial charge in [-0.05, 0) is 99.2 Å². The van der Waals surface area contributed by atoms with Crippen LogP contribution in [0.1, 0.15) is 74.5 Å². The van der Waals surface area contributed by atoms with Crippen LogP contribution in [0.4, 0.5) is 0 Å². The van der Waals surface area contributed by atoms with E-state index in [1.54, 1.807) is 6.92 Å². The Kier molecular flexibility index (Phi) is 7.69. The third kappa shape index (κ3) is 5.25. The second-order valence-corrected chi connectivity index (χ2v) is 10.4. The lowest BCUT2D eigenvalue weighted by Gasteiger charge is -2.39. The fraction of sp³-hybridized carbons (Fsp3) is 0.667. The Morgan fingerprint density at radius 2 is 1.84 bits per heavy atom. The second kappa shape index (κ2) is 9.75. The Morgan fingerprint density at radius 1 is 1.19 bits per heavy atom. The number of hydrogen-bond acceptors (Lipinski definition) is 5. The van der Waals surface area contributed by atoms with Gasteiger partial charge in [0.1, 0.15) is 0 Å². The van der Waals surface area contributed by atoms with Crippen LogP contribution in [0.15, 0.2) is 0 Å². The molecule has 0 N–H and O–H groups in total. The van der Waals surface area contributed by atoms with Crippen molar-refractivity contribution in [3.05, 3.63) is 31.4 Å².